The van der Waals surface area contributed by atoms with Gasteiger partial charge in [0.05, 0.1) is 0 Å². The van der Waals surface area contributed by atoms with Crippen molar-refractivity contribution in [2.75, 3.05) is 0 Å². The van der Waals surface area contributed by atoms with Crippen LogP contribution in [0.15, 0.2) is 33.0 Å². The third-order valence-corrected chi connectivity index (χ3v) is 5.37. The Morgan fingerprint density at radius 2 is 1.39 bits per heavy atom. The quantitative estimate of drug-likeness (QED) is 0.164. The maximum absolute atomic E-state index is 13.8. The molecule has 0 aromatic heterocycles. The minimum absolute atomic E-state index is 0.178. The summed E-state index contributed by atoms with van der Waals surface area (Å²) in [5, 5.41) is 8.91. The van der Waals surface area contributed by atoms with Crippen molar-refractivity contribution in [3.05, 3.63) is 33.0 Å². The lowest BCUT2D eigenvalue weighted by molar-refractivity contribution is -0.396. The van der Waals surface area contributed by atoms with E-state index in [4.69, 9.17) is 5.11 Å². The minimum Gasteiger partial charge on any atom is -0.478 e. The van der Waals surface area contributed by atoms with Crippen LogP contribution in [0.5, 0.6) is 0 Å². The van der Waals surface area contributed by atoms with Gasteiger partial charge in [-0.3, -0.25) is 0 Å². The van der Waals surface area contributed by atoms with Gasteiger partial charge in [-0.15, -0.1) is 0 Å². The highest BCUT2D eigenvalue weighted by Gasteiger charge is 2.81. The molecular weight excluding hydrogens is 610 g/mol. The van der Waals surface area contributed by atoms with Crippen LogP contribution in [0.25, 0.3) is 0 Å². The summed E-state index contributed by atoms with van der Waals surface area (Å²) >= 11 is 1.17. The Hall–Kier alpha value is -1.49. The number of rotatable bonds is 9. The van der Waals surface area contributed by atoms with Crippen LogP contribution >= 0.6 is 22.6 Å². The number of allylic oxidation sites excluding steroid dienone is 5. The summed E-state index contributed by atoms with van der Waals surface area (Å²) in [4.78, 5) is 11.1. The van der Waals surface area contributed by atoms with Crippen molar-refractivity contribution < 1.29 is 67.0 Å². The van der Waals surface area contributed by atoms with Crippen LogP contribution in [0.1, 0.15) is 25.7 Å². The van der Waals surface area contributed by atoms with Crippen LogP contribution in [-0.2, 0) is 4.79 Å². The number of carboxylic acid groups (broad SMARTS) is 1. The Morgan fingerprint density at radius 3 is 1.85 bits per heavy atom. The fraction of sp³-hybridized carbons (Fsp3) is 0.588. The first-order valence-electron chi connectivity index (χ1n) is 8.51. The molecule has 0 aliphatic heterocycles. The second kappa shape index (κ2) is 9.28. The molecule has 0 amide bonds. The van der Waals surface area contributed by atoms with Gasteiger partial charge in [-0.25, -0.2) is 4.79 Å². The van der Waals surface area contributed by atoms with E-state index >= 15 is 0 Å². The van der Waals surface area contributed by atoms with E-state index in [1.54, 1.807) is 0 Å². The number of carboxylic acids is 1. The third-order valence-electron chi connectivity index (χ3n) is 4.41. The summed E-state index contributed by atoms with van der Waals surface area (Å²) in [7, 11) is 0. The molecule has 0 spiro atoms. The fourth-order valence-electron chi connectivity index (χ4n) is 2.61. The van der Waals surface area contributed by atoms with Crippen LogP contribution in [0.3, 0.4) is 0 Å². The zero-order valence-electron chi connectivity index (χ0n) is 15.7. The second-order valence-corrected chi connectivity index (χ2v) is 7.91. The van der Waals surface area contributed by atoms with Gasteiger partial charge < -0.3 is 5.11 Å². The molecule has 190 valence electrons. The van der Waals surface area contributed by atoms with Gasteiger partial charge in [0.25, 0.3) is 0 Å². The first-order chi connectivity index (χ1) is 14.5. The minimum atomic E-state index is -7.02. The van der Waals surface area contributed by atoms with E-state index in [1.807, 2.05) is 0 Å². The van der Waals surface area contributed by atoms with Crippen molar-refractivity contribution in [1.82, 2.24) is 0 Å². The Morgan fingerprint density at radius 1 is 0.909 bits per heavy atom. The van der Waals surface area contributed by atoms with Gasteiger partial charge >= 0.3 is 41.8 Å². The van der Waals surface area contributed by atoms with E-state index < -0.39 is 82.2 Å². The zero-order chi connectivity index (χ0) is 26.3. The first kappa shape index (κ1) is 29.5. The van der Waals surface area contributed by atoms with E-state index in [1.165, 1.54) is 22.6 Å². The smallest absolute Gasteiger partial charge is 0.460 e. The molecule has 2 nitrogen and oxygen atoms in total. The Balaban J connectivity index is 2.90. The predicted molar refractivity (Wildman–Crippen MR) is 95.2 cm³/mol. The predicted octanol–water partition coefficient (Wildman–Crippen LogP) is 7.56. The molecule has 0 bridgehead atoms. The maximum Gasteiger partial charge on any atom is 0.460 e. The normalized spacial score (nSPS) is 19.8. The molecule has 0 fully saturated rings. The molecule has 1 rings (SSSR count). The van der Waals surface area contributed by atoms with Crippen molar-refractivity contribution in [2.24, 2.45) is 0 Å². The first-order valence-corrected chi connectivity index (χ1v) is 9.59. The maximum atomic E-state index is 13.8. The van der Waals surface area contributed by atoms with Crippen LogP contribution in [0.4, 0.5) is 57.1 Å². The van der Waals surface area contributed by atoms with Crippen LogP contribution in [-0.4, -0.2) is 46.9 Å². The number of aliphatic carboxylic acids is 1. The number of carbonyl (C=O) groups is 1. The third kappa shape index (κ3) is 5.44. The number of hydrogen-bond acceptors (Lipinski definition) is 1. The van der Waals surface area contributed by atoms with Gasteiger partial charge in [0.2, 0.25) is 0 Å². The SMILES string of the molecule is O=C(O)C1=C(CCC=CCCC(F)(F)C(F)(F)C(F)(F)C(F)(F)F)C(I)=CC(F)(F)C1(F)F. The van der Waals surface area contributed by atoms with E-state index in [0.717, 1.165) is 6.08 Å². The van der Waals surface area contributed by atoms with Crippen molar-refractivity contribution >= 4 is 28.6 Å². The molecule has 1 N–H and O–H groups in total. The largest absolute Gasteiger partial charge is 0.478 e. The number of hydrogen-bond donors (Lipinski definition) is 1. The van der Waals surface area contributed by atoms with Crippen molar-refractivity contribution in [3.8, 4) is 0 Å². The summed E-state index contributed by atoms with van der Waals surface area (Å²) < 4.78 is 169. The van der Waals surface area contributed by atoms with Crippen molar-refractivity contribution in [2.45, 2.75) is 61.5 Å². The lowest BCUT2D eigenvalue weighted by atomic mass is 9.89. The Labute approximate surface area is 190 Å². The summed E-state index contributed by atoms with van der Waals surface area (Å²) in [6.07, 6.45) is -10.1. The average molecular weight is 622 g/mol. The molecule has 0 atom stereocenters. The topological polar surface area (TPSA) is 37.3 Å². The van der Waals surface area contributed by atoms with Crippen LogP contribution in [0, 0.1) is 0 Å². The van der Waals surface area contributed by atoms with E-state index in [0.29, 0.717) is 6.08 Å². The summed E-state index contributed by atoms with van der Waals surface area (Å²) in [6, 6.07) is 0. The summed E-state index contributed by atoms with van der Waals surface area (Å²) in [6.45, 7) is 0. The van der Waals surface area contributed by atoms with Gasteiger partial charge in [0, 0.05) is 16.1 Å². The highest BCUT2D eigenvalue weighted by Crippen LogP contribution is 2.54. The van der Waals surface area contributed by atoms with Crippen LogP contribution < -0.4 is 0 Å². The monoisotopic (exact) mass is 622 g/mol. The van der Waals surface area contributed by atoms with Gasteiger partial charge in [0.1, 0.15) is 5.57 Å². The average Bonchev–Trinajstić information content (AvgIpc) is 2.59. The lowest BCUT2D eigenvalue weighted by Crippen LogP contribution is -2.60. The van der Waals surface area contributed by atoms with E-state index in [9.17, 15) is 61.9 Å². The molecule has 0 heterocycles. The highest BCUT2D eigenvalue weighted by molar-refractivity contribution is 14.1. The molecule has 0 aromatic carbocycles. The molecule has 0 saturated carbocycles. The van der Waals surface area contributed by atoms with Crippen LogP contribution in [0.2, 0.25) is 0 Å². The summed E-state index contributed by atoms with van der Waals surface area (Å²) in [5.41, 5.74) is -2.63. The van der Waals surface area contributed by atoms with E-state index in [2.05, 4.69) is 0 Å². The highest BCUT2D eigenvalue weighted by atomic mass is 127. The van der Waals surface area contributed by atoms with Gasteiger partial charge in [-0.1, -0.05) is 12.2 Å². The molecule has 1 aliphatic carbocycles. The fourth-order valence-corrected chi connectivity index (χ4v) is 3.54. The zero-order valence-corrected chi connectivity index (χ0v) is 17.9. The van der Waals surface area contributed by atoms with E-state index in [-0.39, 0.29) is 6.08 Å². The van der Waals surface area contributed by atoms with Gasteiger partial charge in [-0.05, 0) is 47.4 Å². The van der Waals surface area contributed by atoms with Crippen molar-refractivity contribution in [3.63, 3.8) is 0 Å². The van der Waals surface area contributed by atoms with Crippen molar-refractivity contribution in [1.29, 1.82) is 0 Å². The summed E-state index contributed by atoms with van der Waals surface area (Å²) in [5.74, 6) is -31.8. The second-order valence-electron chi connectivity index (χ2n) is 6.75. The molecule has 16 heteroatoms. The molecular formula is C17H12F13IO2. The number of halogens is 14. The van der Waals surface area contributed by atoms with Gasteiger partial charge in [-0.2, -0.15) is 57.1 Å². The standard InChI is InChI=1S/C17H12F13IO2/c18-12(19,15(24,25)16(26,27)17(28,29)30)6-4-2-1-3-5-8-9(31)7-13(20,21)14(22,23)10(8)11(32)33/h1-2,7H,3-6H2,(H,32,33). The molecule has 0 aromatic rings. The lowest BCUT2D eigenvalue weighted by Gasteiger charge is -2.33. The molecule has 0 unspecified atom stereocenters. The Kier molecular flexibility index (Phi) is 8.31. The molecule has 0 saturated heterocycles. The molecule has 33 heavy (non-hydrogen) atoms. The molecule has 0 radical (unpaired) electrons. The Bertz CT molecular complexity index is 853. The van der Waals surface area contributed by atoms with Gasteiger partial charge in [0.15, 0.2) is 0 Å². The molecule has 1 aliphatic rings. The number of alkyl halides is 13.